The predicted molar refractivity (Wildman–Crippen MR) is 49.3 cm³/mol. The van der Waals surface area contributed by atoms with Crippen LogP contribution >= 0.6 is 0 Å². The largest absolute Gasteiger partial charge is 0.371 e. The van der Waals surface area contributed by atoms with Crippen LogP contribution in [0.25, 0.3) is 0 Å². The second-order valence-corrected chi connectivity index (χ2v) is 3.24. The zero-order valence-corrected chi connectivity index (χ0v) is 7.27. The highest BCUT2D eigenvalue weighted by Crippen LogP contribution is 1.96. The first-order valence-electron chi connectivity index (χ1n) is 4.72. The number of hydrogen-bond donors (Lipinski definition) is 3. The van der Waals surface area contributed by atoms with Crippen molar-refractivity contribution in [1.82, 2.24) is 16.0 Å². The highest BCUT2D eigenvalue weighted by Gasteiger charge is 2.18. The molecule has 0 radical (unpaired) electrons. The molecule has 1 fully saturated rings. The van der Waals surface area contributed by atoms with Crippen molar-refractivity contribution in [2.45, 2.75) is 19.0 Å². The van der Waals surface area contributed by atoms with Crippen LogP contribution in [0.15, 0.2) is 4.99 Å². The number of amidine groups is 1. The number of rotatable bonds is 1. The minimum atomic E-state index is 0.277. The number of aliphatic imine (C=N–C) groups is 1. The summed E-state index contributed by atoms with van der Waals surface area (Å²) in [5.41, 5.74) is 0. The lowest BCUT2D eigenvalue weighted by Gasteiger charge is -2.28. The van der Waals surface area contributed by atoms with Crippen molar-refractivity contribution in [3.63, 3.8) is 0 Å². The molecule has 0 unspecified atom stereocenters. The van der Waals surface area contributed by atoms with Crippen molar-refractivity contribution in [3.05, 3.63) is 0 Å². The van der Waals surface area contributed by atoms with Gasteiger partial charge in [0.2, 0.25) is 0 Å². The topological polar surface area (TPSA) is 48.5 Å². The molecular formula is C8H16N4. The van der Waals surface area contributed by atoms with Gasteiger partial charge in [-0.1, -0.05) is 0 Å². The minimum Gasteiger partial charge on any atom is -0.371 e. The van der Waals surface area contributed by atoms with Crippen LogP contribution in [0, 0.1) is 0 Å². The summed E-state index contributed by atoms with van der Waals surface area (Å²) >= 11 is 0. The van der Waals surface area contributed by atoms with Gasteiger partial charge < -0.3 is 5.32 Å². The molecule has 12 heavy (non-hydrogen) atoms. The molecule has 2 aliphatic rings. The Balaban J connectivity index is 1.92. The molecule has 0 atom stereocenters. The summed E-state index contributed by atoms with van der Waals surface area (Å²) in [5.74, 6) is 1.10. The van der Waals surface area contributed by atoms with Gasteiger partial charge in [-0.25, -0.2) is 0 Å². The molecule has 2 rings (SSSR count). The first kappa shape index (κ1) is 8.01. The molecule has 0 aliphatic carbocycles. The van der Waals surface area contributed by atoms with Crippen LogP contribution in [-0.2, 0) is 0 Å². The fourth-order valence-electron chi connectivity index (χ4n) is 1.59. The third kappa shape index (κ3) is 1.76. The third-order valence-electron chi connectivity index (χ3n) is 2.25. The van der Waals surface area contributed by atoms with Crippen LogP contribution in [0.2, 0.25) is 0 Å². The molecule has 4 nitrogen and oxygen atoms in total. The first-order valence-corrected chi connectivity index (χ1v) is 4.72. The average molecular weight is 168 g/mol. The Labute approximate surface area is 72.8 Å². The minimum absolute atomic E-state index is 0.277. The van der Waals surface area contributed by atoms with Gasteiger partial charge in [-0.3, -0.25) is 15.6 Å². The molecule has 0 aromatic carbocycles. The molecule has 0 spiro atoms. The van der Waals surface area contributed by atoms with E-state index < -0.39 is 0 Å². The van der Waals surface area contributed by atoms with Crippen LogP contribution in [0.1, 0.15) is 12.8 Å². The van der Waals surface area contributed by atoms with Crippen molar-refractivity contribution in [2.24, 2.45) is 4.99 Å². The van der Waals surface area contributed by atoms with Crippen LogP contribution < -0.4 is 16.0 Å². The van der Waals surface area contributed by atoms with Crippen LogP contribution in [0.4, 0.5) is 0 Å². The maximum atomic E-state index is 4.43. The lowest BCUT2D eigenvalue weighted by atomic mass is 10.2. The zero-order chi connectivity index (χ0) is 8.23. The molecule has 1 saturated heterocycles. The van der Waals surface area contributed by atoms with Gasteiger partial charge >= 0.3 is 0 Å². The molecule has 0 bridgehead atoms. The maximum Gasteiger partial charge on any atom is 0.129 e. The highest BCUT2D eigenvalue weighted by atomic mass is 15.2. The number of hydrogen-bond acceptors (Lipinski definition) is 4. The molecule has 0 saturated carbocycles. The molecule has 0 aromatic rings. The molecule has 68 valence electrons. The van der Waals surface area contributed by atoms with Gasteiger partial charge in [0, 0.05) is 13.1 Å². The average Bonchev–Trinajstić information content (AvgIpc) is 2.21. The normalized spacial score (nSPS) is 26.2. The molecule has 0 amide bonds. The lowest BCUT2D eigenvalue weighted by molar-refractivity contribution is 0.432. The Hall–Kier alpha value is -0.610. The second-order valence-electron chi connectivity index (χ2n) is 3.24. The van der Waals surface area contributed by atoms with Crippen LogP contribution in [-0.4, -0.2) is 38.2 Å². The highest BCUT2D eigenvalue weighted by molar-refractivity contribution is 5.87. The third-order valence-corrected chi connectivity index (χ3v) is 2.25. The molecule has 0 aromatic heterocycles. The van der Waals surface area contributed by atoms with Crippen molar-refractivity contribution < 1.29 is 0 Å². The smallest absolute Gasteiger partial charge is 0.129 e. The van der Waals surface area contributed by atoms with E-state index in [0.29, 0.717) is 0 Å². The summed E-state index contributed by atoms with van der Waals surface area (Å²) in [6.45, 7) is 4.23. The van der Waals surface area contributed by atoms with Gasteiger partial charge in [-0.2, -0.15) is 0 Å². The summed E-state index contributed by atoms with van der Waals surface area (Å²) in [4.78, 5) is 4.43. The Morgan fingerprint density at radius 3 is 2.58 bits per heavy atom. The van der Waals surface area contributed by atoms with E-state index in [9.17, 15) is 0 Å². The van der Waals surface area contributed by atoms with Gasteiger partial charge in [0.1, 0.15) is 12.0 Å². The van der Waals surface area contributed by atoms with Gasteiger partial charge in [-0.15, -0.1) is 0 Å². The summed E-state index contributed by atoms with van der Waals surface area (Å²) in [6.07, 6.45) is 2.65. The van der Waals surface area contributed by atoms with Crippen LogP contribution in [0.5, 0.6) is 0 Å². The van der Waals surface area contributed by atoms with Crippen molar-refractivity contribution in [3.8, 4) is 0 Å². The molecule has 2 heterocycles. The second kappa shape index (κ2) is 3.87. The van der Waals surface area contributed by atoms with E-state index in [2.05, 4.69) is 20.9 Å². The number of nitrogens with one attached hydrogen (secondary N) is 3. The monoisotopic (exact) mass is 168 g/mol. The van der Waals surface area contributed by atoms with Crippen LogP contribution in [0.3, 0.4) is 0 Å². The fraction of sp³-hybridized carbons (Fsp3) is 0.875. The van der Waals surface area contributed by atoms with Gasteiger partial charge in [0.25, 0.3) is 0 Å². The van der Waals surface area contributed by atoms with E-state index in [1.807, 2.05) is 0 Å². The van der Waals surface area contributed by atoms with Gasteiger partial charge in [-0.05, 0) is 25.9 Å². The molecule has 3 N–H and O–H groups in total. The Bertz CT molecular complexity index is 172. The van der Waals surface area contributed by atoms with E-state index in [1.54, 1.807) is 0 Å². The maximum absolute atomic E-state index is 4.43. The van der Waals surface area contributed by atoms with Gasteiger partial charge in [0.05, 0.1) is 0 Å². The fourth-order valence-corrected chi connectivity index (χ4v) is 1.59. The summed E-state index contributed by atoms with van der Waals surface area (Å²) in [5, 5.41) is 10.1. The molecule has 4 heteroatoms. The zero-order valence-electron chi connectivity index (χ0n) is 7.27. The Morgan fingerprint density at radius 2 is 1.92 bits per heavy atom. The van der Waals surface area contributed by atoms with E-state index in [4.69, 9.17) is 0 Å². The first-order chi connectivity index (χ1) is 5.97. The van der Waals surface area contributed by atoms with Crippen molar-refractivity contribution in [2.75, 3.05) is 26.2 Å². The van der Waals surface area contributed by atoms with E-state index in [-0.39, 0.29) is 6.17 Å². The molecule has 2 aliphatic heterocycles. The van der Waals surface area contributed by atoms with Gasteiger partial charge in [0.15, 0.2) is 0 Å². The quantitative estimate of drug-likeness (QED) is 0.484. The SMILES string of the molecule is C1CN=C(C2NCCCN2)NC1. The number of nitrogens with zero attached hydrogens (tertiary/aromatic N) is 1. The molecular weight excluding hydrogens is 152 g/mol. The lowest BCUT2D eigenvalue weighted by Crippen LogP contribution is -2.57. The van der Waals surface area contributed by atoms with E-state index in [1.165, 1.54) is 6.42 Å². The Kier molecular flexibility index (Phi) is 2.58. The van der Waals surface area contributed by atoms with E-state index in [0.717, 1.165) is 38.4 Å². The van der Waals surface area contributed by atoms with Crippen molar-refractivity contribution >= 4 is 5.84 Å². The predicted octanol–water partition coefficient (Wildman–Crippen LogP) is -0.713. The van der Waals surface area contributed by atoms with Crippen molar-refractivity contribution in [1.29, 1.82) is 0 Å². The summed E-state index contributed by atoms with van der Waals surface area (Å²) in [6, 6.07) is 0. The summed E-state index contributed by atoms with van der Waals surface area (Å²) in [7, 11) is 0. The Morgan fingerprint density at radius 1 is 1.08 bits per heavy atom. The van der Waals surface area contributed by atoms with E-state index >= 15 is 0 Å². The summed E-state index contributed by atoms with van der Waals surface area (Å²) < 4.78 is 0. The standard InChI is InChI=1S/C8H16N4/c1-3-9-7(10-4-1)8-11-5-2-6-12-8/h7,9-10H,1-6H2,(H,11,12).